The molecule has 108 valence electrons. The quantitative estimate of drug-likeness (QED) is 0.642. The van der Waals surface area contributed by atoms with Gasteiger partial charge in [0.1, 0.15) is 0 Å². The lowest BCUT2D eigenvalue weighted by atomic mass is 10.1. The van der Waals surface area contributed by atoms with Gasteiger partial charge in [-0.15, -0.1) is 11.8 Å². The van der Waals surface area contributed by atoms with E-state index < -0.39 is 5.97 Å². The molecule has 0 aliphatic heterocycles. The van der Waals surface area contributed by atoms with E-state index in [1.807, 2.05) is 0 Å². The van der Waals surface area contributed by atoms with Gasteiger partial charge in [-0.3, -0.25) is 4.79 Å². The Kier molecular flexibility index (Phi) is 4.55. The molecule has 1 saturated carbocycles. The van der Waals surface area contributed by atoms with Crippen molar-refractivity contribution in [2.75, 3.05) is 12.9 Å². The maximum Gasteiger partial charge on any atom is 0.356 e. The van der Waals surface area contributed by atoms with E-state index in [9.17, 15) is 9.59 Å². The number of carbonyl (C=O) groups is 2. The molecule has 1 aliphatic rings. The number of hydrogen-bond donors (Lipinski definition) is 1. The lowest BCUT2D eigenvalue weighted by Crippen LogP contribution is -2.13. The molecule has 20 heavy (non-hydrogen) atoms. The second-order valence-electron chi connectivity index (χ2n) is 4.83. The highest BCUT2D eigenvalue weighted by Gasteiger charge is 2.44. The summed E-state index contributed by atoms with van der Waals surface area (Å²) in [4.78, 5) is 26.3. The topological polar surface area (TPSA) is 76.5 Å². The van der Waals surface area contributed by atoms with Gasteiger partial charge in [-0.1, -0.05) is 11.6 Å². The number of carbonyl (C=O) groups excluding carboxylic acids is 1. The van der Waals surface area contributed by atoms with E-state index in [1.54, 1.807) is 6.07 Å². The summed E-state index contributed by atoms with van der Waals surface area (Å²) in [6.07, 6.45) is 2.36. The van der Waals surface area contributed by atoms with Crippen LogP contribution in [0.25, 0.3) is 0 Å². The molecule has 1 aromatic rings. The van der Waals surface area contributed by atoms with Crippen LogP contribution >= 0.6 is 23.4 Å². The average Bonchev–Trinajstić information content (AvgIpc) is 3.17. The van der Waals surface area contributed by atoms with Crippen LogP contribution in [0.5, 0.6) is 0 Å². The maximum absolute atomic E-state index is 11.3. The molecule has 0 aromatic carbocycles. The standard InChI is InChI=1S/C13H14ClNO4S/c1-19-10(16)6-13(4-5-13)7-20-9-3-2-8(14)11(15-9)12(17)18/h2-3H,4-7H2,1H3,(H,17,18). The second-order valence-corrected chi connectivity index (χ2v) is 6.23. The molecule has 1 aromatic heterocycles. The van der Waals surface area contributed by atoms with Gasteiger partial charge in [0.2, 0.25) is 0 Å². The van der Waals surface area contributed by atoms with E-state index in [2.05, 4.69) is 9.72 Å². The van der Waals surface area contributed by atoms with Gasteiger partial charge < -0.3 is 9.84 Å². The van der Waals surface area contributed by atoms with E-state index in [0.29, 0.717) is 11.4 Å². The number of halogens is 1. The highest BCUT2D eigenvalue weighted by molar-refractivity contribution is 7.99. The number of nitrogens with zero attached hydrogens (tertiary/aromatic N) is 1. The highest BCUT2D eigenvalue weighted by Crippen LogP contribution is 2.52. The zero-order chi connectivity index (χ0) is 14.8. The van der Waals surface area contributed by atoms with E-state index in [0.717, 1.165) is 18.6 Å². The van der Waals surface area contributed by atoms with E-state index >= 15 is 0 Å². The van der Waals surface area contributed by atoms with Crippen molar-refractivity contribution < 1.29 is 19.4 Å². The lowest BCUT2D eigenvalue weighted by molar-refractivity contribution is -0.141. The third-order valence-corrected chi connectivity index (χ3v) is 4.84. The monoisotopic (exact) mass is 315 g/mol. The highest BCUT2D eigenvalue weighted by atomic mass is 35.5. The van der Waals surface area contributed by atoms with Gasteiger partial charge in [-0.05, 0) is 30.4 Å². The van der Waals surface area contributed by atoms with Crippen molar-refractivity contribution in [3.05, 3.63) is 22.8 Å². The molecule has 7 heteroatoms. The van der Waals surface area contributed by atoms with Crippen LogP contribution in [0.15, 0.2) is 17.2 Å². The van der Waals surface area contributed by atoms with Gasteiger partial charge in [0, 0.05) is 5.75 Å². The number of ether oxygens (including phenoxy) is 1. The number of methoxy groups -OCH3 is 1. The van der Waals surface area contributed by atoms with Gasteiger partial charge in [0.05, 0.1) is 23.6 Å². The number of carboxylic acids is 1. The number of thioether (sulfide) groups is 1. The fourth-order valence-electron chi connectivity index (χ4n) is 1.81. The van der Waals surface area contributed by atoms with Gasteiger partial charge in [-0.25, -0.2) is 9.78 Å². The van der Waals surface area contributed by atoms with Crippen LogP contribution in [0.3, 0.4) is 0 Å². The van der Waals surface area contributed by atoms with Crippen molar-refractivity contribution in [1.29, 1.82) is 0 Å². The molecule has 0 atom stereocenters. The molecule has 0 radical (unpaired) electrons. The number of hydrogen-bond acceptors (Lipinski definition) is 5. The molecule has 1 fully saturated rings. The number of rotatable bonds is 6. The van der Waals surface area contributed by atoms with Crippen molar-refractivity contribution in [3.63, 3.8) is 0 Å². The fourth-order valence-corrected chi connectivity index (χ4v) is 3.16. The van der Waals surface area contributed by atoms with E-state index in [-0.39, 0.29) is 22.1 Å². The Morgan fingerprint density at radius 2 is 2.20 bits per heavy atom. The third kappa shape index (κ3) is 3.64. The second kappa shape index (κ2) is 6.01. The Morgan fingerprint density at radius 1 is 1.50 bits per heavy atom. The molecule has 5 nitrogen and oxygen atoms in total. The SMILES string of the molecule is COC(=O)CC1(CSc2ccc(Cl)c(C(=O)O)n2)CC1. The molecular weight excluding hydrogens is 302 g/mol. The Bertz CT molecular complexity index is 545. The summed E-state index contributed by atoms with van der Waals surface area (Å²) < 4.78 is 4.69. The molecule has 1 N–H and O–H groups in total. The smallest absolute Gasteiger partial charge is 0.356 e. The largest absolute Gasteiger partial charge is 0.476 e. The first-order chi connectivity index (χ1) is 9.46. The zero-order valence-corrected chi connectivity index (χ0v) is 12.5. The first-order valence-electron chi connectivity index (χ1n) is 6.05. The summed E-state index contributed by atoms with van der Waals surface area (Å²) >= 11 is 7.21. The van der Waals surface area contributed by atoms with Gasteiger partial charge in [0.25, 0.3) is 0 Å². The predicted octanol–water partition coefficient (Wildman–Crippen LogP) is 2.87. The molecule has 2 rings (SSSR count). The number of pyridine rings is 1. The van der Waals surface area contributed by atoms with E-state index in [4.69, 9.17) is 16.7 Å². The van der Waals surface area contributed by atoms with Crippen molar-refractivity contribution in [2.45, 2.75) is 24.3 Å². The fraction of sp³-hybridized carbons (Fsp3) is 0.462. The van der Waals surface area contributed by atoms with Crippen LogP contribution in [-0.2, 0) is 9.53 Å². The van der Waals surface area contributed by atoms with Gasteiger partial charge in [0.15, 0.2) is 5.69 Å². The van der Waals surface area contributed by atoms with Crippen LogP contribution in [-0.4, -0.2) is 34.9 Å². The summed E-state index contributed by atoms with van der Waals surface area (Å²) in [7, 11) is 1.38. The minimum absolute atomic E-state index is 0.0253. The Morgan fingerprint density at radius 3 is 2.75 bits per heavy atom. The number of esters is 1. The predicted molar refractivity (Wildman–Crippen MR) is 75.2 cm³/mol. The summed E-state index contributed by atoms with van der Waals surface area (Å²) in [5.41, 5.74) is -0.169. The molecule has 0 saturated heterocycles. The van der Waals surface area contributed by atoms with Crippen molar-refractivity contribution in [1.82, 2.24) is 4.98 Å². The van der Waals surface area contributed by atoms with Crippen LogP contribution < -0.4 is 0 Å². The van der Waals surface area contributed by atoms with Crippen LogP contribution in [0.1, 0.15) is 29.8 Å². The summed E-state index contributed by atoms with van der Waals surface area (Å²) in [5, 5.41) is 9.69. The number of aromatic nitrogens is 1. The Hall–Kier alpha value is -1.27. The molecule has 0 spiro atoms. The van der Waals surface area contributed by atoms with Crippen molar-refractivity contribution in [3.8, 4) is 0 Å². The van der Waals surface area contributed by atoms with Gasteiger partial charge in [-0.2, -0.15) is 0 Å². The Labute approximate surface area is 125 Å². The van der Waals surface area contributed by atoms with Gasteiger partial charge >= 0.3 is 11.9 Å². The van der Waals surface area contributed by atoms with Crippen LogP contribution in [0.2, 0.25) is 5.02 Å². The normalized spacial score (nSPS) is 15.7. The summed E-state index contributed by atoms with van der Waals surface area (Å²) in [6, 6.07) is 3.22. The summed E-state index contributed by atoms with van der Waals surface area (Å²) in [6.45, 7) is 0. The first kappa shape index (κ1) is 15.1. The van der Waals surface area contributed by atoms with Crippen LogP contribution in [0, 0.1) is 5.41 Å². The average molecular weight is 316 g/mol. The third-order valence-electron chi connectivity index (χ3n) is 3.25. The van der Waals surface area contributed by atoms with Crippen molar-refractivity contribution >= 4 is 35.3 Å². The van der Waals surface area contributed by atoms with E-state index in [1.165, 1.54) is 24.9 Å². The van der Waals surface area contributed by atoms with Crippen LogP contribution in [0.4, 0.5) is 0 Å². The molecule has 1 heterocycles. The molecule has 0 amide bonds. The maximum atomic E-state index is 11.3. The molecular formula is C13H14ClNO4S. The first-order valence-corrected chi connectivity index (χ1v) is 7.42. The lowest BCUT2D eigenvalue weighted by Gasteiger charge is -2.12. The molecule has 0 bridgehead atoms. The number of carboxylic acid groups (broad SMARTS) is 1. The Balaban J connectivity index is 1.99. The minimum atomic E-state index is -1.15. The molecule has 1 aliphatic carbocycles. The van der Waals surface area contributed by atoms with Crippen molar-refractivity contribution in [2.24, 2.45) is 5.41 Å². The summed E-state index contributed by atoms with van der Waals surface area (Å²) in [5.74, 6) is -0.637. The molecule has 0 unspecified atom stereocenters. The number of aromatic carboxylic acids is 1. The minimum Gasteiger partial charge on any atom is -0.476 e. The zero-order valence-electron chi connectivity index (χ0n) is 10.9.